The molecule has 0 aromatic heterocycles. The molecule has 0 unspecified atom stereocenters. The predicted octanol–water partition coefficient (Wildman–Crippen LogP) is 2.43. The second kappa shape index (κ2) is 5.40. The first-order valence-electron chi connectivity index (χ1n) is 6.34. The van der Waals surface area contributed by atoms with Gasteiger partial charge in [0.15, 0.2) is 0 Å². The Balaban J connectivity index is 1.96. The highest BCUT2D eigenvalue weighted by atomic mass is 16.4. The summed E-state index contributed by atoms with van der Waals surface area (Å²) in [7, 11) is 1.63. The van der Waals surface area contributed by atoms with Gasteiger partial charge in [-0.3, -0.25) is 4.90 Å². The maximum absolute atomic E-state index is 10.8. The minimum absolute atomic E-state index is 0.348. The molecule has 1 heterocycles. The number of nitrogens with zero attached hydrogens (tertiary/aromatic N) is 2. The molecule has 1 amide bonds. The van der Waals surface area contributed by atoms with Crippen molar-refractivity contribution >= 4 is 6.09 Å². The van der Waals surface area contributed by atoms with Gasteiger partial charge in [-0.05, 0) is 18.9 Å². The molecule has 1 aliphatic heterocycles. The minimum Gasteiger partial charge on any atom is -0.465 e. The van der Waals surface area contributed by atoms with Crippen molar-refractivity contribution in [3.8, 4) is 0 Å². The molecule has 1 N–H and O–H groups in total. The number of carboxylic acid groups (broad SMARTS) is 1. The fourth-order valence-corrected chi connectivity index (χ4v) is 2.48. The Kier molecular flexibility index (Phi) is 3.87. The summed E-state index contributed by atoms with van der Waals surface area (Å²) in [6.07, 6.45) is 0.226. The number of likely N-dealkylation sites (N-methyl/N-ethyl adjacent to an activating group) is 1. The average molecular weight is 248 g/mol. The maximum atomic E-state index is 10.8. The number of rotatable bonds is 4. The Hall–Kier alpha value is -1.55. The van der Waals surface area contributed by atoms with Crippen molar-refractivity contribution in [1.82, 2.24) is 9.80 Å². The average Bonchev–Trinajstić information content (AvgIpc) is 2.35. The molecule has 18 heavy (non-hydrogen) atoms. The molecule has 0 radical (unpaired) electrons. The van der Waals surface area contributed by atoms with Crippen LogP contribution in [0.2, 0.25) is 0 Å². The fourth-order valence-electron chi connectivity index (χ4n) is 2.48. The van der Waals surface area contributed by atoms with Crippen LogP contribution < -0.4 is 0 Å². The van der Waals surface area contributed by atoms with Crippen molar-refractivity contribution in [2.45, 2.75) is 25.4 Å². The second-order valence-electron chi connectivity index (χ2n) is 4.93. The highest BCUT2D eigenvalue weighted by Gasteiger charge is 2.33. The maximum Gasteiger partial charge on any atom is 0.407 e. The lowest BCUT2D eigenvalue weighted by Gasteiger charge is -2.46. The van der Waals surface area contributed by atoms with Gasteiger partial charge in [0.05, 0.1) is 0 Å². The summed E-state index contributed by atoms with van der Waals surface area (Å²) in [4.78, 5) is 14.6. The van der Waals surface area contributed by atoms with Crippen LogP contribution in [0, 0.1) is 0 Å². The van der Waals surface area contributed by atoms with Crippen LogP contribution in [-0.2, 0) is 0 Å². The van der Waals surface area contributed by atoms with Gasteiger partial charge in [0.25, 0.3) is 0 Å². The second-order valence-corrected chi connectivity index (χ2v) is 4.93. The molecule has 4 heteroatoms. The molecule has 0 aliphatic carbocycles. The quantitative estimate of drug-likeness (QED) is 0.890. The normalized spacial score (nSPS) is 21.1. The Morgan fingerprint density at radius 3 is 2.67 bits per heavy atom. The zero-order valence-corrected chi connectivity index (χ0v) is 10.9. The van der Waals surface area contributed by atoms with Gasteiger partial charge in [0, 0.05) is 32.2 Å². The van der Waals surface area contributed by atoms with Gasteiger partial charge >= 0.3 is 6.09 Å². The Morgan fingerprint density at radius 1 is 1.50 bits per heavy atom. The van der Waals surface area contributed by atoms with Gasteiger partial charge in [0.1, 0.15) is 0 Å². The van der Waals surface area contributed by atoms with Gasteiger partial charge in [-0.25, -0.2) is 4.79 Å². The molecule has 0 spiro atoms. The molecule has 2 rings (SSSR count). The van der Waals surface area contributed by atoms with E-state index in [0.29, 0.717) is 18.6 Å². The van der Waals surface area contributed by atoms with Crippen LogP contribution in [0.4, 0.5) is 4.79 Å². The van der Waals surface area contributed by atoms with Crippen LogP contribution in [-0.4, -0.2) is 47.2 Å². The predicted molar refractivity (Wildman–Crippen MR) is 70.6 cm³/mol. The highest BCUT2D eigenvalue weighted by Crippen LogP contribution is 2.30. The van der Waals surface area contributed by atoms with Gasteiger partial charge in [0.2, 0.25) is 0 Å². The SMILES string of the molecule is C[C@@H](c1ccccc1)N1CC[C@@H]1CN(C)C(=O)O. The zero-order valence-electron chi connectivity index (χ0n) is 10.9. The highest BCUT2D eigenvalue weighted by molar-refractivity contribution is 5.64. The van der Waals surface area contributed by atoms with Crippen LogP contribution in [0.3, 0.4) is 0 Å². The Morgan fingerprint density at radius 2 is 2.17 bits per heavy atom. The van der Waals surface area contributed by atoms with E-state index in [4.69, 9.17) is 5.11 Å². The van der Waals surface area contributed by atoms with E-state index in [0.717, 1.165) is 13.0 Å². The van der Waals surface area contributed by atoms with E-state index in [1.807, 2.05) is 18.2 Å². The van der Waals surface area contributed by atoms with Gasteiger partial charge < -0.3 is 10.0 Å². The summed E-state index contributed by atoms with van der Waals surface area (Å²) in [5, 5.41) is 8.90. The third-order valence-corrected chi connectivity index (χ3v) is 3.78. The number of hydrogen-bond acceptors (Lipinski definition) is 2. The van der Waals surface area contributed by atoms with Gasteiger partial charge in [-0.2, -0.15) is 0 Å². The molecule has 1 saturated heterocycles. The summed E-state index contributed by atoms with van der Waals surface area (Å²) in [6, 6.07) is 11.1. The van der Waals surface area contributed by atoms with Crippen LogP contribution >= 0.6 is 0 Å². The first-order chi connectivity index (χ1) is 8.59. The summed E-state index contributed by atoms with van der Waals surface area (Å²) < 4.78 is 0. The third kappa shape index (κ3) is 2.64. The van der Waals surface area contributed by atoms with Crippen molar-refractivity contribution in [3.63, 3.8) is 0 Å². The van der Waals surface area contributed by atoms with Gasteiger partial charge in [-0.15, -0.1) is 0 Å². The lowest BCUT2D eigenvalue weighted by molar-refractivity contribution is 0.0286. The van der Waals surface area contributed by atoms with E-state index < -0.39 is 6.09 Å². The molecule has 98 valence electrons. The van der Waals surface area contributed by atoms with E-state index in [9.17, 15) is 4.79 Å². The summed E-state index contributed by atoms with van der Waals surface area (Å²) in [5.74, 6) is 0. The fraction of sp³-hybridized carbons (Fsp3) is 0.500. The molecule has 1 fully saturated rings. The largest absolute Gasteiger partial charge is 0.465 e. The van der Waals surface area contributed by atoms with E-state index in [2.05, 4.69) is 24.0 Å². The van der Waals surface area contributed by atoms with Crippen molar-refractivity contribution in [1.29, 1.82) is 0 Å². The number of likely N-dealkylation sites (tertiary alicyclic amines) is 1. The molecular weight excluding hydrogens is 228 g/mol. The monoisotopic (exact) mass is 248 g/mol. The molecule has 1 aromatic carbocycles. The molecule has 2 atom stereocenters. The standard InChI is InChI=1S/C14H20N2O2/c1-11(12-6-4-3-5-7-12)16-9-8-13(16)10-15(2)14(17)18/h3-7,11,13H,8-10H2,1-2H3,(H,17,18)/t11-,13+/m0/s1. The van der Waals surface area contributed by atoms with Crippen LogP contribution in [0.15, 0.2) is 30.3 Å². The zero-order chi connectivity index (χ0) is 13.1. The summed E-state index contributed by atoms with van der Waals surface area (Å²) >= 11 is 0. The smallest absolute Gasteiger partial charge is 0.407 e. The van der Waals surface area contributed by atoms with Crippen molar-refractivity contribution in [2.75, 3.05) is 20.1 Å². The number of hydrogen-bond donors (Lipinski definition) is 1. The Labute approximate surface area is 108 Å². The van der Waals surface area contributed by atoms with Gasteiger partial charge in [-0.1, -0.05) is 30.3 Å². The molecule has 1 aliphatic rings. The molecular formula is C14H20N2O2. The van der Waals surface area contributed by atoms with E-state index >= 15 is 0 Å². The van der Waals surface area contributed by atoms with Crippen molar-refractivity contribution in [2.24, 2.45) is 0 Å². The molecule has 0 bridgehead atoms. The molecule has 1 aromatic rings. The van der Waals surface area contributed by atoms with Crippen LogP contribution in [0.1, 0.15) is 24.9 Å². The lowest BCUT2D eigenvalue weighted by Crippen LogP contribution is -2.54. The number of carbonyl (C=O) groups is 1. The number of benzene rings is 1. The summed E-state index contributed by atoms with van der Waals surface area (Å²) in [6.45, 7) is 3.82. The lowest BCUT2D eigenvalue weighted by atomic mass is 9.96. The topological polar surface area (TPSA) is 43.8 Å². The van der Waals surface area contributed by atoms with E-state index in [1.165, 1.54) is 10.5 Å². The van der Waals surface area contributed by atoms with Crippen LogP contribution in [0.5, 0.6) is 0 Å². The van der Waals surface area contributed by atoms with E-state index in [-0.39, 0.29) is 0 Å². The third-order valence-electron chi connectivity index (χ3n) is 3.78. The Bertz CT molecular complexity index is 408. The number of amides is 1. The van der Waals surface area contributed by atoms with Crippen LogP contribution in [0.25, 0.3) is 0 Å². The van der Waals surface area contributed by atoms with Crippen molar-refractivity contribution < 1.29 is 9.90 Å². The molecule has 4 nitrogen and oxygen atoms in total. The van der Waals surface area contributed by atoms with Crippen molar-refractivity contribution in [3.05, 3.63) is 35.9 Å². The molecule has 0 saturated carbocycles. The first kappa shape index (κ1) is 12.9. The summed E-state index contributed by atoms with van der Waals surface area (Å²) in [5.41, 5.74) is 1.29. The first-order valence-corrected chi connectivity index (χ1v) is 6.34. The van der Waals surface area contributed by atoms with E-state index in [1.54, 1.807) is 7.05 Å². The minimum atomic E-state index is -0.853.